The molecule has 1 rings (SSSR count). The molecule has 0 bridgehead atoms. The van der Waals surface area contributed by atoms with Crippen LogP contribution in [0.1, 0.15) is 6.92 Å². The summed E-state index contributed by atoms with van der Waals surface area (Å²) in [4.78, 5) is 36.8. The van der Waals surface area contributed by atoms with E-state index in [9.17, 15) is 14.4 Å². The minimum absolute atomic E-state index is 0.231. The Labute approximate surface area is 105 Å². The van der Waals surface area contributed by atoms with Crippen molar-refractivity contribution in [2.75, 3.05) is 26.7 Å². The third kappa shape index (κ3) is 4.17. The van der Waals surface area contributed by atoms with Crippen molar-refractivity contribution in [2.24, 2.45) is 0 Å². The lowest BCUT2D eigenvalue weighted by atomic mass is 10.2. The molecule has 1 aliphatic heterocycles. The van der Waals surface area contributed by atoms with Gasteiger partial charge in [-0.3, -0.25) is 10.1 Å². The van der Waals surface area contributed by atoms with Gasteiger partial charge in [-0.05, 0) is 14.0 Å². The number of carbonyl (C=O) groups excluding carboxylic acids is 2. The highest BCUT2D eigenvalue weighted by atomic mass is 16.4. The maximum atomic E-state index is 11.7. The van der Waals surface area contributed by atoms with Gasteiger partial charge in [-0.1, -0.05) is 0 Å². The van der Waals surface area contributed by atoms with Gasteiger partial charge in [-0.2, -0.15) is 0 Å². The Morgan fingerprint density at radius 1 is 1.28 bits per heavy atom. The predicted molar refractivity (Wildman–Crippen MR) is 64.0 cm³/mol. The largest absolute Gasteiger partial charge is 0.478 e. The maximum absolute atomic E-state index is 11.7. The fourth-order valence-corrected chi connectivity index (χ4v) is 1.61. The van der Waals surface area contributed by atoms with Crippen LogP contribution < -0.4 is 5.32 Å². The van der Waals surface area contributed by atoms with E-state index in [1.807, 2.05) is 14.0 Å². The third-order valence-corrected chi connectivity index (χ3v) is 2.85. The number of imide groups is 1. The van der Waals surface area contributed by atoms with Gasteiger partial charge in [0.05, 0.1) is 0 Å². The van der Waals surface area contributed by atoms with E-state index in [1.54, 1.807) is 0 Å². The molecular weight excluding hydrogens is 238 g/mol. The number of rotatable bonds is 2. The summed E-state index contributed by atoms with van der Waals surface area (Å²) < 4.78 is 0. The highest BCUT2D eigenvalue weighted by molar-refractivity contribution is 6.02. The van der Waals surface area contributed by atoms with Crippen LogP contribution in [-0.4, -0.2) is 65.5 Å². The summed E-state index contributed by atoms with van der Waals surface area (Å²) in [6.45, 7) is 3.82. The zero-order valence-electron chi connectivity index (χ0n) is 10.4. The summed E-state index contributed by atoms with van der Waals surface area (Å²) in [6.07, 6.45) is 1.51. The quantitative estimate of drug-likeness (QED) is 0.649. The molecule has 1 heterocycles. The SMILES string of the molecule is CC1CN(C(=O)NC(=O)/C=C/C(=O)O)CCN1C. The number of amides is 3. The topological polar surface area (TPSA) is 90.0 Å². The van der Waals surface area contributed by atoms with Crippen LogP contribution in [0.2, 0.25) is 0 Å². The first kappa shape index (κ1) is 14.2. The van der Waals surface area contributed by atoms with E-state index in [4.69, 9.17) is 5.11 Å². The first-order valence-corrected chi connectivity index (χ1v) is 5.61. The molecule has 3 amide bonds. The summed E-state index contributed by atoms with van der Waals surface area (Å²) >= 11 is 0. The summed E-state index contributed by atoms with van der Waals surface area (Å²) in [5.74, 6) is -1.96. The molecule has 2 N–H and O–H groups in total. The van der Waals surface area contributed by atoms with Crippen LogP contribution in [0.25, 0.3) is 0 Å². The van der Waals surface area contributed by atoms with Gasteiger partial charge in [0.25, 0.3) is 5.91 Å². The molecule has 0 saturated carbocycles. The van der Waals surface area contributed by atoms with Crippen LogP contribution in [0.4, 0.5) is 4.79 Å². The van der Waals surface area contributed by atoms with E-state index >= 15 is 0 Å². The number of piperazine rings is 1. The van der Waals surface area contributed by atoms with E-state index in [1.165, 1.54) is 4.90 Å². The Morgan fingerprint density at radius 2 is 1.94 bits per heavy atom. The fourth-order valence-electron chi connectivity index (χ4n) is 1.61. The van der Waals surface area contributed by atoms with Crippen LogP contribution in [0.15, 0.2) is 12.2 Å². The van der Waals surface area contributed by atoms with Gasteiger partial charge in [0.15, 0.2) is 0 Å². The number of nitrogens with one attached hydrogen (secondary N) is 1. The zero-order valence-corrected chi connectivity index (χ0v) is 10.4. The molecular formula is C11H17N3O4. The minimum Gasteiger partial charge on any atom is -0.478 e. The van der Waals surface area contributed by atoms with Crippen molar-refractivity contribution in [1.82, 2.24) is 15.1 Å². The summed E-state index contributed by atoms with van der Waals surface area (Å²) in [5, 5.41) is 10.5. The van der Waals surface area contributed by atoms with Gasteiger partial charge < -0.3 is 14.9 Å². The summed E-state index contributed by atoms with van der Waals surface area (Å²) in [5.41, 5.74) is 0. The second kappa shape index (κ2) is 6.15. The van der Waals surface area contributed by atoms with Crippen LogP contribution in [0.3, 0.4) is 0 Å². The number of carboxylic acid groups (broad SMARTS) is 1. The van der Waals surface area contributed by atoms with Crippen molar-refractivity contribution in [1.29, 1.82) is 0 Å². The van der Waals surface area contributed by atoms with E-state index < -0.39 is 17.9 Å². The second-order valence-electron chi connectivity index (χ2n) is 4.24. The number of nitrogens with zero attached hydrogens (tertiary/aromatic N) is 2. The predicted octanol–water partition coefficient (Wildman–Crippen LogP) is -0.501. The summed E-state index contributed by atoms with van der Waals surface area (Å²) in [7, 11) is 1.97. The highest BCUT2D eigenvalue weighted by Crippen LogP contribution is 2.06. The standard InChI is InChI=1S/C11H17N3O4/c1-8-7-14(6-5-13(8)2)11(18)12-9(15)3-4-10(16)17/h3-4,8H,5-7H2,1-2H3,(H,16,17)(H,12,15,18)/b4-3+. The fraction of sp³-hybridized carbons (Fsp3) is 0.545. The minimum atomic E-state index is -1.23. The number of urea groups is 1. The number of carboxylic acids is 1. The molecule has 0 aromatic carbocycles. The Morgan fingerprint density at radius 3 is 2.50 bits per heavy atom. The van der Waals surface area contributed by atoms with Gasteiger partial charge >= 0.3 is 12.0 Å². The van der Waals surface area contributed by atoms with Crippen molar-refractivity contribution >= 4 is 17.9 Å². The van der Waals surface area contributed by atoms with Gasteiger partial charge in [0, 0.05) is 37.8 Å². The molecule has 18 heavy (non-hydrogen) atoms. The number of likely N-dealkylation sites (N-methyl/N-ethyl adjacent to an activating group) is 1. The normalized spacial score (nSPS) is 21.0. The van der Waals surface area contributed by atoms with Crippen molar-refractivity contribution in [3.8, 4) is 0 Å². The molecule has 7 nitrogen and oxygen atoms in total. The molecule has 1 atom stereocenters. The lowest BCUT2D eigenvalue weighted by molar-refractivity contribution is -0.131. The third-order valence-electron chi connectivity index (χ3n) is 2.85. The molecule has 0 aromatic heterocycles. The highest BCUT2D eigenvalue weighted by Gasteiger charge is 2.24. The van der Waals surface area contributed by atoms with E-state index in [-0.39, 0.29) is 6.04 Å². The molecule has 0 radical (unpaired) electrons. The smallest absolute Gasteiger partial charge is 0.328 e. The van der Waals surface area contributed by atoms with Crippen LogP contribution in [0.5, 0.6) is 0 Å². The zero-order chi connectivity index (χ0) is 13.7. The number of hydrogen-bond acceptors (Lipinski definition) is 4. The lowest BCUT2D eigenvalue weighted by Gasteiger charge is -2.37. The van der Waals surface area contributed by atoms with E-state index in [2.05, 4.69) is 10.2 Å². The Hall–Kier alpha value is -1.89. The molecule has 0 aromatic rings. The second-order valence-corrected chi connectivity index (χ2v) is 4.24. The number of hydrogen-bond donors (Lipinski definition) is 2. The van der Waals surface area contributed by atoms with Gasteiger partial charge in [0.1, 0.15) is 0 Å². The molecule has 1 fully saturated rings. The average Bonchev–Trinajstić information content (AvgIpc) is 2.30. The molecule has 100 valence electrons. The number of aliphatic carboxylic acids is 1. The lowest BCUT2D eigenvalue weighted by Crippen LogP contribution is -2.55. The molecule has 0 aliphatic carbocycles. The Balaban J connectivity index is 2.46. The van der Waals surface area contributed by atoms with Crippen molar-refractivity contribution in [3.63, 3.8) is 0 Å². The molecule has 1 saturated heterocycles. The monoisotopic (exact) mass is 255 g/mol. The Kier molecular flexibility index (Phi) is 4.85. The van der Waals surface area contributed by atoms with Crippen molar-refractivity contribution in [3.05, 3.63) is 12.2 Å². The van der Waals surface area contributed by atoms with Gasteiger partial charge in [0.2, 0.25) is 0 Å². The molecule has 1 unspecified atom stereocenters. The van der Waals surface area contributed by atoms with Crippen molar-refractivity contribution in [2.45, 2.75) is 13.0 Å². The average molecular weight is 255 g/mol. The number of carbonyl (C=O) groups is 3. The maximum Gasteiger partial charge on any atom is 0.328 e. The first-order chi connectivity index (χ1) is 8.40. The van der Waals surface area contributed by atoms with Crippen LogP contribution >= 0.6 is 0 Å². The van der Waals surface area contributed by atoms with Gasteiger partial charge in [-0.25, -0.2) is 9.59 Å². The van der Waals surface area contributed by atoms with E-state index in [0.717, 1.165) is 12.6 Å². The van der Waals surface area contributed by atoms with Gasteiger partial charge in [-0.15, -0.1) is 0 Å². The summed E-state index contributed by atoms with van der Waals surface area (Å²) in [6, 6.07) is -0.260. The van der Waals surface area contributed by atoms with E-state index in [0.29, 0.717) is 19.2 Å². The van der Waals surface area contributed by atoms with Crippen LogP contribution in [-0.2, 0) is 9.59 Å². The van der Waals surface area contributed by atoms with Crippen molar-refractivity contribution < 1.29 is 19.5 Å². The molecule has 7 heteroatoms. The van der Waals surface area contributed by atoms with Crippen LogP contribution in [0, 0.1) is 0 Å². The molecule has 1 aliphatic rings. The Bertz CT molecular complexity index is 380. The first-order valence-electron chi connectivity index (χ1n) is 5.61. The molecule has 0 spiro atoms.